The van der Waals surface area contributed by atoms with Crippen LogP contribution in [0.2, 0.25) is 32.7 Å². The molecule has 0 unspecified atom stereocenters. The van der Waals surface area contributed by atoms with Crippen molar-refractivity contribution in [2.75, 3.05) is 0 Å². The monoisotopic (exact) mass is 346 g/mol. The molecule has 0 spiro atoms. The van der Waals surface area contributed by atoms with E-state index >= 15 is 0 Å². The number of rotatable bonds is 5. The normalized spacial score (nSPS) is 12.4. The topological polar surface area (TPSA) is 0 Å². The summed E-state index contributed by atoms with van der Waals surface area (Å²) in [5.74, 6) is 0. The average Bonchev–Trinajstić information content (AvgIpc) is 2.48. The lowest BCUT2D eigenvalue weighted by Crippen LogP contribution is -2.57. The summed E-state index contributed by atoms with van der Waals surface area (Å²) in [5, 5.41) is 3.31. The second kappa shape index (κ2) is 7.19. The van der Waals surface area contributed by atoms with E-state index in [2.05, 4.69) is 93.4 Å². The number of benzene rings is 2. The van der Waals surface area contributed by atoms with Gasteiger partial charge in [0.2, 0.25) is 0 Å². The van der Waals surface area contributed by atoms with Gasteiger partial charge in [-0.25, -0.2) is 0 Å². The molecule has 0 aromatic heterocycles. The molecule has 0 bridgehead atoms. The molecule has 112 valence electrons. The van der Waals surface area contributed by atoms with Crippen LogP contribution in [0.25, 0.3) is 0 Å². The molecule has 0 aliphatic carbocycles. The highest BCUT2D eigenvalue weighted by Crippen LogP contribution is 2.50. The summed E-state index contributed by atoms with van der Waals surface area (Å²) in [6, 6.07) is 22.9. The van der Waals surface area contributed by atoms with Crippen molar-refractivity contribution in [2.45, 2.75) is 32.7 Å². The summed E-state index contributed by atoms with van der Waals surface area (Å²) in [6.45, 7) is 13.3. The van der Waals surface area contributed by atoms with Gasteiger partial charge in [0.05, 0.1) is 16.9 Å². The van der Waals surface area contributed by atoms with E-state index in [4.69, 9.17) is 0 Å². The van der Waals surface area contributed by atoms with Gasteiger partial charge in [0.25, 0.3) is 0 Å². The third kappa shape index (κ3) is 3.48. The molecule has 2 aromatic carbocycles. The van der Waals surface area contributed by atoms with Crippen molar-refractivity contribution in [3.63, 3.8) is 0 Å². The molecule has 4 heteroatoms. The molecule has 0 aliphatic heterocycles. The Morgan fingerprint density at radius 3 is 1.29 bits per heavy atom. The summed E-state index contributed by atoms with van der Waals surface area (Å²) >= 11 is 0. The first-order valence-corrected chi connectivity index (χ1v) is 20.4. The van der Waals surface area contributed by atoms with Gasteiger partial charge >= 0.3 is 0 Å². The second-order valence-electron chi connectivity index (χ2n) is 6.40. The third-order valence-electron chi connectivity index (χ3n) is 4.30. The minimum atomic E-state index is -1.57. The summed E-state index contributed by atoms with van der Waals surface area (Å²) in [5.41, 5.74) is 0. The first kappa shape index (κ1) is 16.9. The van der Waals surface area contributed by atoms with Gasteiger partial charge in [-0.05, 0) is 0 Å². The van der Waals surface area contributed by atoms with Crippen LogP contribution >= 0.6 is 6.57 Å². The van der Waals surface area contributed by atoms with Crippen molar-refractivity contribution in [1.29, 1.82) is 0 Å². The van der Waals surface area contributed by atoms with E-state index in [1.54, 1.807) is 10.4 Å². The van der Waals surface area contributed by atoms with Crippen LogP contribution in [0.5, 0.6) is 0 Å². The standard InChI is InChI=1S/C17H27PSi3/c1-19(2)18(20(3)4)21(5,16-12-8-6-9-13-16)17-14-10-7-11-15-17/h6-15,19-20H,1-5H3. The van der Waals surface area contributed by atoms with Crippen LogP contribution in [0.3, 0.4) is 0 Å². The molecule has 0 atom stereocenters. The SMILES string of the molecule is C[SiH](C)P([SiH](C)C)[Si](C)(c1ccccc1)c1ccccc1. The summed E-state index contributed by atoms with van der Waals surface area (Å²) in [6.07, 6.45) is 0. The van der Waals surface area contributed by atoms with Crippen molar-refractivity contribution in [1.82, 2.24) is 0 Å². The van der Waals surface area contributed by atoms with Crippen molar-refractivity contribution >= 4 is 41.6 Å². The summed E-state index contributed by atoms with van der Waals surface area (Å²) < 4.78 is 0. The first-order valence-electron chi connectivity index (χ1n) is 7.87. The number of hydrogen-bond acceptors (Lipinski definition) is 0. The first-order chi connectivity index (χ1) is 9.98. The van der Waals surface area contributed by atoms with E-state index in [-0.39, 0.29) is 6.57 Å². The van der Waals surface area contributed by atoms with Crippen LogP contribution in [-0.4, -0.2) is 24.7 Å². The van der Waals surface area contributed by atoms with Crippen LogP contribution in [0.1, 0.15) is 0 Å². The molecule has 0 radical (unpaired) electrons. The van der Waals surface area contributed by atoms with E-state index in [9.17, 15) is 0 Å². The molecule has 0 saturated heterocycles. The summed E-state index contributed by atoms with van der Waals surface area (Å²) in [7, 11) is -2.81. The van der Waals surface area contributed by atoms with Crippen molar-refractivity contribution < 1.29 is 0 Å². The fraction of sp³-hybridized carbons (Fsp3) is 0.294. The molecule has 0 nitrogen and oxygen atoms in total. The molecule has 0 aliphatic rings. The van der Waals surface area contributed by atoms with Crippen LogP contribution in [0.4, 0.5) is 0 Å². The van der Waals surface area contributed by atoms with Crippen LogP contribution in [-0.2, 0) is 0 Å². The van der Waals surface area contributed by atoms with E-state index < -0.39 is 24.7 Å². The molecule has 2 rings (SSSR count). The van der Waals surface area contributed by atoms with Gasteiger partial charge in [-0.3, -0.25) is 0 Å². The van der Waals surface area contributed by atoms with Crippen molar-refractivity contribution in [2.24, 2.45) is 0 Å². The predicted molar refractivity (Wildman–Crippen MR) is 108 cm³/mol. The Kier molecular flexibility index (Phi) is 5.78. The number of hydrogen-bond donors (Lipinski definition) is 0. The molecule has 0 saturated carbocycles. The van der Waals surface area contributed by atoms with Crippen LogP contribution in [0, 0.1) is 0 Å². The highest BCUT2D eigenvalue weighted by molar-refractivity contribution is 8.34. The molecule has 0 heterocycles. The Morgan fingerprint density at radius 2 is 1.00 bits per heavy atom. The van der Waals surface area contributed by atoms with E-state index in [1.807, 2.05) is 0 Å². The van der Waals surface area contributed by atoms with Gasteiger partial charge in [0.1, 0.15) is 7.74 Å². The van der Waals surface area contributed by atoms with Gasteiger partial charge < -0.3 is 0 Å². The van der Waals surface area contributed by atoms with Gasteiger partial charge in [-0.2, -0.15) is 0 Å². The smallest absolute Gasteiger partial charge is 0.133 e. The van der Waals surface area contributed by atoms with Crippen LogP contribution < -0.4 is 10.4 Å². The van der Waals surface area contributed by atoms with Crippen LogP contribution in [0.15, 0.2) is 60.7 Å². The zero-order chi connectivity index (χ0) is 15.5. The third-order valence-corrected chi connectivity index (χ3v) is 51.1. The molecular weight excluding hydrogens is 319 g/mol. The zero-order valence-electron chi connectivity index (χ0n) is 13.9. The largest absolute Gasteiger partial charge is 0.137 e. The minimum absolute atomic E-state index is 0.240. The molecule has 0 N–H and O–H groups in total. The maximum Gasteiger partial charge on any atom is 0.133 e. The molecule has 21 heavy (non-hydrogen) atoms. The molecule has 0 fully saturated rings. The van der Waals surface area contributed by atoms with E-state index in [1.165, 1.54) is 0 Å². The zero-order valence-corrected chi connectivity index (χ0v) is 18.1. The molecule has 2 aromatic rings. The highest BCUT2D eigenvalue weighted by Gasteiger charge is 2.42. The predicted octanol–water partition coefficient (Wildman–Crippen LogP) is 3.82. The lowest BCUT2D eigenvalue weighted by Gasteiger charge is -2.42. The lowest BCUT2D eigenvalue weighted by atomic mass is 10.4. The fourth-order valence-corrected chi connectivity index (χ4v) is 56.6. The summed E-state index contributed by atoms with van der Waals surface area (Å²) in [4.78, 5) is 0. The Labute approximate surface area is 135 Å². The fourth-order valence-electron chi connectivity index (χ4n) is 3.62. The molecule has 0 amide bonds. The Balaban J connectivity index is 2.65. The second-order valence-corrected chi connectivity index (χ2v) is 33.5. The van der Waals surface area contributed by atoms with Gasteiger partial charge in [0.15, 0.2) is 0 Å². The maximum absolute atomic E-state index is 2.66. The highest BCUT2D eigenvalue weighted by atomic mass is 31.8. The lowest BCUT2D eigenvalue weighted by molar-refractivity contribution is 1.71. The quantitative estimate of drug-likeness (QED) is 0.570. The van der Waals surface area contributed by atoms with E-state index in [0.29, 0.717) is 0 Å². The van der Waals surface area contributed by atoms with Gasteiger partial charge in [-0.1, -0.05) is 104 Å². The Hall–Kier alpha value is -0.479. The van der Waals surface area contributed by atoms with Crippen molar-refractivity contribution in [3.05, 3.63) is 60.7 Å². The van der Waals surface area contributed by atoms with Crippen molar-refractivity contribution in [3.8, 4) is 0 Å². The Morgan fingerprint density at radius 1 is 0.667 bits per heavy atom. The average molecular weight is 347 g/mol. The minimum Gasteiger partial charge on any atom is -0.137 e. The van der Waals surface area contributed by atoms with Gasteiger partial charge in [0, 0.05) is 0 Å². The molecular formula is C17H27PSi3. The maximum atomic E-state index is 2.66. The van der Waals surface area contributed by atoms with E-state index in [0.717, 1.165) is 0 Å². The Bertz CT molecular complexity index is 507. The van der Waals surface area contributed by atoms with Gasteiger partial charge in [-0.15, -0.1) is 6.57 Å².